The molecule has 0 saturated carbocycles. The van der Waals surface area contributed by atoms with Crippen molar-refractivity contribution in [2.75, 3.05) is 0 Å². The van der Waals surface area contributed by atoms with Gasteiger partial charge in [-0.05, 0) is 12.5 Å². The second-order valence-corrected chi connectivity index (χ2v) is 5.27. The lowest BCUT2D eigenvalue weighted by molar-refractivity contribution is 0.222. The third kappa shape index (κ3) is 3.48. The zero-order valence-electron chi connectivity index (χ0n) is 12.0. The van der Waals surface area contributed by atoms with E-state index in [0.29, 0.717) is 11.6 Å². The zero-order chi connectivity index (χ0) is 14.5. The highest BCUT2D eigenvalue weighted by Crippen LogP contribution is 2.25. The van der Waals surface area contributed by atoms with Gasteiger partial charge in [-0.3, -0.25) is 0 Å². The fourth-order valence-electron chi connectivity index (χ4n) is 1.88. The van der Waals surface area contributed by atoms with E-state index in [1.807, 2.05) is 37.3 Å². The fourth-order valence-corrected chi connectivity index (χ4v) is 2.07. The third-order valence-corrected chi connectivity index (χ3v) is 3.32. The van der Waals surface area contributed by atoms with Gasteiger partial charge in [-0.25, -0.2) is 9.97 Å². The number of benzene rings is 1. The third-order valence-electron chi connectivity index (χ3n) is 3.06. The van der Waals surface area contributed by atoms with Gasteiger partial charge >= 0.3 is 0 Å². The predicted molar refractivity (Wildman–Crippen MR) is 81.2 cm³/mol. The summed E-state index contributed by atoms with van der Waals surface area (Å²) in [7, 11) is 0. The topological polar surface area (TPSA) is 35.0 Å². The van der Waals surface area contributed by atoms with Crippen molar-refractivity contribution in [2.45, 2.75) is 38.7 Å². The molecular formula is C16H19ClN2O. The van der Waals surface area contributed by atoms with Gasteiger partial charge in [0.1, 0.15) is 17.6 Å². The molecule has 0 radical (unpaired) electrons. The van der Waals surface area contributed by atoms with Crippen LogP contribution in [0.3, 0.4) is 0 Å². The summed E-state index contributed by atoms with van der Waals surface area (Å²) in [6.45, 7) is 6.12. The van der Waals surface area contributed by atoms with E-state index in [9.17, 15) is 0 Å². The lowest BCUT2D eigenvalue weighted by atomic mass is 10.1. The maximum Gasteiger partial charge on any atom is 0.161 e. The van der Waals surface area contributed by atoms with E-state index < -0.39 is 0 Å². The van der Waals surface area contributed by atoms with Crippen molar-refractivity contribution in [1.82, 2.24) is 9.97 Å². The van der Waals surface area contributed by atoms with Crippen LogP contribution in [0.1, 0.15) is 49.9 Å². The van der Waals surface area contributed by atoms with Crippen LogP contribution < -0.4 is 4.74 Å². The molecule has 0 spiro atoms. The van der Waals surface area contributed by atoms with Crippen LogP contribution in [-0.2, 0) is 5.88 Å². The molecule has 0 aliphatic rings. The van der Waals surface area contributed by atoms with Crippen molar-refractivity contribution in [3.05, 3.63) is 53.6 Å². The Hall–Kier alpha value is -1.61. The number of nitrogens with zero attached hydrogens (tertiary/aromatic N) is 2. The van der Waals surface area contributed by atoms with Gasteiger partial charge in [-0.15, -0.1) is 11.6 Å². The van der Waals surface area contributed by atoms with Gasteiger partial charge in [-0.1, -0.05) is 44.2 Å². The Morgan fingerprint density at radius 2 is 1.85 bits per heavy atom. The number of aromatic nitrogens is 2. The number of halogens is 1. The standard InChI is InChI=1S/C16H19ClN2O/c1-11(2)16-18-10-15(14(9-17)19-16)20-12(3)13-7-5-4-6-8-13/h4-8,10-12H,9H2,1-3H3. The molecule has 4 heteroatoms. The Balaban J connectivity index is 2.21. The number of alkyl halides is 1. The number of ether oxygens (including phenoxy) is 1. The minimum atomic E-state index is -0.0633. The molecule has 2 rings (SSSR count). The Morgan fingerprint density at radius 1 is 1.15 bits per heavy atom. The fraction of sp³-hybridized carbons (Fsp3) is 0.375. The SMILES string of the molecule is CC(C)c1ncc(OC(C)c2ccccc2)c(CCl)n1. The van der Waals surface area contributed by atoms with E-state index in [-0.39, 0.29) is 12.0 Å². The van der Waals surface area contributed by atoms with Crippen molar-refractivity contribution in [3.63, 3.8) is 0 Å². The summed E-state index contributed by atoms with van der Waals surface area (Å²) in [5.41, 5.74) is 1.86. The Morgan fingerprint density at radius 3 is 2.45 bits per heavy atom. The number of hydrogen-bond acceptors (Lipinski definition) is 3. The van der Waals surface area contributed by atoms with Crippen LogP contribution in [-0.4, -0.2) is 9.97 Å². The van der Waals surface area contributed by atoms with E-state index in [4.69, 9.17) is 16.3 Å². The first-order chi connectivity index (χ1) is 9.61. The highest BCUT2D eigenvalue weighted by atomic mass is 35.5. The van der Waals surface area contributed by atoms with Gasteiger partial charge in [0.25, 0.3) is 0 Å². The van der Waals surface area contributed by atoms with E-state index >= 15 is 0 Å². The molecular weight excluding hydrogens is 272 g/mol. The van der Waals surface area contributed by atoms with E-state index in [2.05, 4.69) is 23.8 Å². The smallest absolute Gasteiger partial charge is 0.161 e. The summed E-state index contributed by atoms with van der Waals surface area (Å²) in [5.74, 6) is 2.04. The van der Waals surface area contributed by atoms with E-state index in [0.717, 1.165) is 17.1 Å². The summed E-state index contributed by atoms with van der Waals surface area (Å²) < 4.78 is 5.95. The quantitative estimate of drug-likeness (QED) is 0.762. The van der Waals surface area contributed by atoms with Crippen LogP contribution in [0.2, 0.25) is 0 Å². The highest BCUT2D eigenvalue weighted by molar-refractivity contribution is 6.17. The summed E-state index contributed by atoms with van der Waals surface area (Å²) in [4.78, 5) is 8.81. The lowest BCUT2D eigenvalue weighted by Crippen LogP contribution is -2.08. The predicted octanol–water partition coefficient (Wildman–Crippen LogP) is 4.48. The van der Waals surface area contributed by atoms with Gasteiger partial charge in [-0.2, -0.15) is 0 Å². The molecule has 0 amide bonds. The first-order valence-electron chi connectivity index (χ1n) is 6.75. The monoisotopic (exact) mass is 290 g/mol. The molecule has 0 saturated heterocycles. The second-order valence-electron chi connectivity index (χ2n) is 5.00. The van der Waals surface area contributed by atoms with Gasteiger partial charge in [0.15, 0.2) is 5.75 Å². The molecule has 3 nitrogen and oxygen atoms in total. The molecule has 0 aliphatic carbocycles. The molecule has 0 N–H and O–H groups in total. The lowest BCUT2D eigenvalue weighted by Gasteiger charge is -2.17. The van der Waals surface area contributed by atoms with Crippen LogP contribution >= 0.6 is 11.6 Å². The summed E-state index contributed by atoms with van der Waals surface area (Å²) >= 11 is 5.97. The molecule has 1 aromatic carbocycles. The van der Waals surface area contributed by atoms with Crippen LogP contribution in [0.25, 0.3) is 0 Å². The largest absolute Gasteiger partial charge is 0.482 e. The van der Waals surface area contributed by atoms with Gasteiger partial charge in [0.2, 0.25) is 0 Å². The molecule has 1 atom stereocenters. The molecule has 106 valence electrons. The molecule has 2 aromatic rings. The number of rotatable bonds is 5. The normalized spacial score (nSPS) is 12.4. The molecule has 1 heterocycles. The number of hydrogen-bond donors (Lipinski definition) is 0. The van der Waals surface area contributed by atoms with Crippen molar-refractivity contribution in [1.29, 1.82) is 0 Å². The molecule has 0 fully saturated rings. The van der Waals surface area contributed by atoms with Crippen molar-refractivity contribution >= 4 is 11.6 Å². The average Bonchev–Trinajstić information content (AvgIpc) is 2.48. The van der Waals surface area contributed by atoms with Crippen molar-refractivity contribution in [2.24, 2.45) is 0 Å². The molecule has 0 bridgehead atoms. The van der Waals surface area contributed by atoms with Crippen LogP contribution in [0.5, 0.6) is 5.75 Å². The van der Waals surface area contributed by atoms with E-state index in [1.165, 1.54) is 0 Å². The van der Waals surface area contributed by atoms with Crippen molar-refractivity contribution in [3.8, 4) is 5.75 Å². The van der Waals surface area contributed by atoms with Crippen LogP contribution in [0, 0.1) is 0 Å². The molecule has 1 unspecified atom stereocenters. The molecule has 1 aromatic heterocycles. The minimum absolute atomic E-state index is 0.0633. The molecule has 0 aliphatic heterocycles. The first-order valence-corrected chi connectivity index (χ1v) is 7.28. The minimum Gasteiger partial charge on any atom is -0.482 e. The second kappa shape index (κ2) is 6.71. The molecule has 20 heavy (non-hydrogen) atoms. The maximum absolute atomic E-state index is 5.97. The summed E-state index contributed by atoms with van der Waals surface area (Å²) in [5, 5.41) is 0. The Bertz CT molecular complexity index is 558. The first kappa shape index (κ1) is 14.8. The van der Waals surface area contributed by atoms with Crippen molar-refractivity contribution < 1.29 is 4.74 Å². The van der Waals surface area contributed by atoms with Crippen LogP contribution in [0.4, 0.5) is 0 Å². The zero-order valence-corrected chi connectivity index (χ0v) is 12.8. The Kier molecular flexibility index (Phi) is 4.96. The van der Waals surface area contributed by atoms with Gasteiger partial charge in [0, 0.05) is 5.92 Å². The average molecular weight is 291 g/mol. The highest BCUT2D eigenvalue weighted by Gasteiger charge is 2.13. The van der Waals surface area contributed by atoms with Crippen LogP contribution in [0.15, 0.2) is 36.5 Å². The Labute approximate surface area is 125 Å². The maximum atomic E-state index is 5.97. The summed E-state index contributed by atoms with van der Waals surface area (Å²) in [6.07, 6.45) is 1.66. The van der Waals surface area contributed by atoms with E-state index in [1.54, 1.807) is 6.20 Å². The summed E-state index contributed by atoms with van der Waals surface area (Å²) in [6, 6.07) is 10.1. The van der Waals surface area contributed by atoms with Gasteiger partial charge in [0.05, 0.1) is 12.1 Å². The van der Waals surface area contributed by atoms with Gasteiger partial charge < -0.3 is 4.74 Å².